The van der Waals surface area contributed by atoms with Crippen LogP contribution in [0.4, 0.5) is 0 Å². The van der Waals surface area contributed by atoms with Crippen LogP contribution in [-0.2, 0) is 0 Å². The maximum Gasteiger partial charge on any atom is -0.00719 e. The van der Waals surface area contributed by atoms with Crippen LogP contribution in [0.1, 0.15) is 46.5 Å². The number of hydrogen-bond donors (Lipinski definition) is 1. The Morgan fingerprint density at radius 1 is 1.14 bits per heavy atom. The Labute approximate surface area is 88.4 Å². The van der Waals surface area contributed by atoms with Gasteiger partial charge in [-0.2, -0.15) is 0 Å². The first-order chi connectivity index (χ1) is 6.59. The minimum Gasteiger partial charge on any atom is -0.330 e. The molecule has 0 aromatic carbocycles. The summed E-state index contributed by atoms with van der Waals surface area (Å²) in [5, 5.41) is 0. The van der Waals surface area contributed by atoms with E-state index in [-0.39, 0.29) is 0 Å². The van der Waals surface area contributed by atoms with Crippen LogP contribution >= 0.6 is 0 Å². The highest BCUT2D eigenvalue weighted by Gasteiger charge is 2.51. The lowest BCUT2D eigenvalue weighted by Gasteiger charge is -2.42. The van der Waals surface area contributed by atoms with E-state index in [4.69, 9.17) is 5.73 Å². The van der Waals surface area contributed by atoms with Gasteiger partial charge >= 0.3 is 0 Å². The first-order valence-electron chi connectivity index (χ1n) is 6.29. The molecular weight excluding hydrogens is 170 g/mol. The zero-order valence-electron chi connectivity index (χ0n) is 9.92. The minimum absolute atomic E-state index is 0.630. The Hall–Kier alpha value is -0.0400. The summed E-state index contributed by atoms with van der Waals surface area (Å²) < 4.78 is 0. The van der Waals surface area contributed by atoms with Gasteiger partial charge in [0.25, 0.3) is 0 Å². The molecular formula is C13H25N. The van der Waals surface area contributed by atoms with Gasteiger partial charge in [0.15, 0.2) is 0 Å². The van der Waals surface area contributed by atoms with Gasteiger partial charge in [0.2, 0.25) is 0 Å². The highest BCUT2D eigenvalue weighted by atomic mass is 14.6. The fraction of sp³-hybridized carbons (Fsp3) is 1.00. The van der Waals surface area contributed by atoms with Crippen molar-refractivity contribution in [2.24, 2.45) is 34.8 Å². The maximum absolute atomic E-state index is 5.78. The average Bonchev–Trinajstić information content (AvgIpc) is 2.40. The van der Waals surface area contributed by atoms with Crippen molar-refractivity contribution in [3.8, 4) is 0 Å². The third-order valence-corrected chi connectivity index (χ3v) is 5.25. The Balaban J connectivity index is 2.19. The van der Waals surface area contributed by atoms with E-state index in [1.807, 2.05) is 0 Å². The largest absolute Gasteiger partial charge is 0.330 e. The van der Waals surface area contributed by atoms with E-state index < -0.39 is 0 Å². The second-order valence-corrected chi connectivity index (χ2v) is 6.06. The molecule has 0 amide bonds. The summed E-state index contributed by atoms with van der Waals surface area (Å²) in [4.78, 5) is 0. The molecule has 0 heterocycles. The van der Waals surface area contributed by atoms with Crippen molar-refractivity contribution < 1.29 is 0 Å². The van der Waals surface area contributed by atoms with E-state index in [0.29, 0.717) is 5.41 Å². The third kappa shape index (κ3) is 1.41. The van der Waals surface area contributed by atoms with Crippen molar-refractivity contribution in [2.45, 2.75) is 46.5 Å². The summed E-state index contributed by atoms with van der Waals surface area (Å²) in [5.74, 6) is 3.80. The predicted octanol–water partition coefficient (Wildman–Crippen LogP) is 3.04. The number of rotatable bonds is 2. The molecule has 1 nitrogen and oxygen atoms in total. The fourth-order valence-corrected chi connectivity index (χ4v) is 4.43. The smallest absolute Gasteiger partial charge is 0.00719 e. The Morgan fingerprint density at radius 2 is 1.86 bits per heavy atom. The first-order valence-corrected chi connectivity index (χ1v) is 6.29. The summed E-state index contributed by atoms with van der Waals surface area (Å²) in [6.45, 7) is 8.26. The van der Waals surface area contributed by atoms with Crippen LogP contribution in [0.15, 0.2) is 0 Å². The van der Waals surface area contributed by atoms with Gasteiger partial charge in [-0.05, 0) is 61.3 Å². The number of nitrogens with two attached hydrogens (primary N) is 1. The lowest BCUT2D eigenvalue weighted by molar-refractivity contribution is 0.0843. The van der Waals surface area contributed by atoms with Crippen molar-refractivity contribution in [1.29, 1.82) is 0 Å². The lowest BCUT2D eigenvalue weighted by Crippen LogP contribution is -2.34. The Morgan fingerprint density at radius 3 is 2.50 bits per heavy atom. The van der Waals surface area contributed by atoms with Gasteiger partial charge < -0.3 is 5.73 Å². The highest BCUT2D eigenvalue weighted by molar-refractivity contribution is 5.01. The molecule has 82 valence electrons. The van der Waals surface area contributed by atoms with E-state index in [0.717, 1.165) is 30.2 Å². The zero-order valence-corrected chi connectivity index (χ0v) is 9.92. The molecule has 0 aliphatic heterocycles. The van der Waals surface area contributed by atoms with Gasteiger partial charge in [0.1, 0.15) is 0 Å². The summed E-state index contributed by atoms with van der Waals surface area (Å²) in [6, 6.07) is 0. The Bertz CT molecular complexity index is 213. The third-order valence-electron chi connectivity index (χ3n) is 5.25. The molecule has 2 bridgehead atoms. The topological polar surface area (TPSA) is 26.0 Å². The molecule has 14 heavy (non-hydrogen) atoms. The van der Waals surface area contributed by atoms with E-state index in [9.17, 15) is 0 Å². The van der Waals surface area contributed by atoms with Crippen LogP contribution in [0, 0.1) is 29.1 Å². The van der Waals surface area contributed by atoms with Crippen molar-refractivity contribution >= 4 is 0 Å². The highest BCUT2D eigenvalue weighted by Crippen LogP contribution is 2.60. The molecule has 5 unspecified atom stereocenters. The standard InChI is InChI=1S/C13H25N/c1-9-6-11(3)13(4-5-14)7-10(2)12(9)8-13/h9-12H,4-8,14H2,1-3H3. The zero-order chi connectivity index (χ0) is 10.3. The van der Waals surface area contributed by atoms with Crippen LogP contribution in [0.3, 0.4) is 0 Å². The van der Waals surface area contributed by atoms with Gasteiger partial charge in [-0.1, -0.05) is 20.8 Å². The summed E-state index contributed by atoms with van der Waals surface area (Å²) in [5.41, 5.74) is 6.41. The molecule has 2 aliphatic carbocycles. The molecule has 1 heteroatoms. The predicted molar refractivity (Wildman–Crippen MR) is 60.9 cm³/mol. The van der Waals surface area contributed by atoms with Crippen LogP contribution in [-0.4, -0.2) is 6.54 Å². The van der Waals surface area contributed by atoms with Crippen molar-refractivity contribution in [2.75, 3.05) is 6.54 Å². The molecule has 2 fully saturated rings. The fourth-order valence-electron chi connectivity index (χ4n) is 4.43. The van der Waals surface area contributed by atoms with E-state index >= 15 is 0 Å². The van der Waals surface area contributed by atoms with Crippen molar-refractivity contribution in [1.82, 2.24) is 0 Å². The van der Waals surface area contributed by atoms with Gasteiger partial charge in [0.05, 0.1) is 0 Å². The first kappa shape index (κ1) is 10.5. The van der Waals surface area contributed by atoms with E-state index in [1.54, 1.807) is 0 Å². The molecule has 2 rings (SSSR count). The van der Waals surface area contributed by atoms with E-state index in [1.165, 1.54) is 25.7 Å². The van der Waals surface area contributed by atoms with Crippen molar-refractivity contribution in [3.63, 3.8) is 0 Å². The SMILES string of the molecule is CC1CC(C)C2(CCN)CC(C)C1C2. The van der Waals surface area contributed by atoms with Gasteiger partial charge in [0, 0.05) is 0 Å². The monoisotopic (exact) mass is 195 g/mol. The normalized spacial score (nSPS) is 52.3. The summed E-state index contributed by atoms with van der Waals surface area (Å²) in [6.07, 6.45) is 5.62. The average molecular weight is 195 g/mol. The molecule has 0 aromatic rings. The van der Waals surface area contributed by atoms with Gasteiger partial charge in [-0.3, -0.25) is 0 Å². The number of hydrogen-bond acceptors (Lipinski definition) is 1. The summed E-state index contributed by atoms with van der Waals surface area (Å²) >= 11 is 0. The second kappa shape index (κ2) is 3.52. The van der Waals surface area contributed by atoms with Crippen LogP contribution in [0.25, 0.3) is 0 Å². The van der Waals surface area contributed by atoms with Crippen molar-refractivity contribution in [3.05, 3.63) is 0 Å². The minimum atomic E-state index is 0.630. The van der Waals surface area contributed by atoms with Gasteiger partial charge in [-0.15, -0.1) is 0 Å². The molecule has 5 atom stereocenters. The Kier molecular flexibility index (Phi) is 2.63. The van der Waals surface area contributed by atoms with Crippen LogP contribution in [0.5, 0.6) is 0 Å². The molecule has 2 aliphatic rings. The maximum atomic E-state index is 5.78. The summed E-state index contributed by atoms with van der Waals surface area (Å²) in [7, 11) is 0. The lowest BCUT2D eigenvalue weighted by atomic mass is 9.64. The van der Waals surface area contributed by atoms with Crippen LogP contribution < -0.4 is 5.73 Å². The molecule has 0 radical (unpaired) electrons. The quantitative estimate of drug-likeness (QED) is 0.720. The van der Waals surface area contributed by atoms with Gasteiger partial charge in [-0.25, -0.2) is 0 Å². The van der Waals surface area contributed by atoms with Crippen LogP contribution in [0.2, 0.25) is 0 Å². The molecule has 2 saturated carbocycles. The molecule has 2 N–H and O–H groups in total. The van der Waals surface area contributed by atoms with E-state index in [2.05, 4.69) is 20.8 Å². The second-order valence-electron chi connectivity index (χ2n) is 6.06. The molecule has 0 spiro atoms. The molecule has 0 saturated heterocycles. The molecule has 0 aromatic heterocycles. The number of fused-ring (bicyclic) bond motifs is 2.